The fourth-order valence-corrected chi connectivity index (χ4v) is 1.87. The van der Waals surface area contributed by atoms with E-state index in [9.17, 15) is 4.79 Å². The predicted molar refractivity (Wildman–Crippen MR) is 60.6 cm³/mol. The number of nitrogens with zero attached hydrogens (tertiary/aromatic N) is 2. The second-order valence-electron chi connectivity index (χ2n) is 3.97. The van der Waals surface area contributed by atoms with Crippen LogP contribution in [-0.4, -0.2) is 35.0 Å². The number of aromatic nitrogens is 1. The first-order valence-electron chi connectivity index (χ1n) is 5.44. The molecule has 1 aromatic heterocycles. The van der Waals surface area contributed by atoms with Gasteiger partial charge in [-0.3, -0.25) is 4.98 Å². The number of carbonyl (C=O) groups excluding carboxylic acids is 1. The minimum Gasteiger partial charge on any atom is -0.333 e. The highest BCUT2D eigenvalue weighted by atomic mass is 16.2. The van der Waals surface area contributed by atoms with E-state index in [2.05, 4.69) is 10.3 Å². The third-order valence-electron chi connectivity index (χ3n) is 2.67. The molecule has 86 valence electrons. The van der Waals surface area contributed by atoms with Crippen LogP contribution in [0.25, 0.3) is 0 Å². The maximum atomic E-state index is 11.6. The number of hydrogen-bond donors (Lipinski definition) is 2. The summed E-state index contributed by atoms with van der Waals surface area (Å²) in [4.78, 5) is 17.4. The highest BCUT2D eigenvalue weighted by Crippen LogP contribution is 2.10. The summed E-state index contributed by atoms with van der Waals surface area (Å²) in [7, 11) is 0. The Hall–Kier alpha value is -1.62. The maximum absolute atomic E-state index is 11.6. The molecule has 0 aromatic carbocycles. The molecule has 1 fully saturated rings. The Kier molecular flexibility index (Phi) is 3.36. The Labute approximate surface area is 94.6 Å². The molecule has 1 saturated heterocycles. The van der Waals surface area contributed by atoms with Gasteiger partial charge in [0.15, 0.2) is 0 Å². The van der Waals surface area contributed by atoms with Crippen molar-refractivity contribution in [3.8, 4) is 0 Å². The van der Waals surface area contributed by atoms with Crippen molar-refractivity contribution in [1.82, 2.24) is 15.2 Å². The first-order chi connectivity index (χ1) is 7.79. The van der Waals surface area contributed by atoms with Crippen molar-refractivity contribution < 1.29 is 4.79 Å². The van der Waals surface area contributed by atoms with Gasteiger partial charge in [0.1, 0.15) is 0 Å². The second-order valence-corrected chi connectivity index (χ2v) is 3.97. The van der Waals surface area contributed by atoms with E-state index >= 15 is 0 Å². The number of rotatable bonds is 4. The molecule has 0 aliphatic carbocycles. The SMILES string of the molecule is NCCC1CN(Cc2cccnc2)C(=O)N1. The molecule has 0 saturated carbocycles. The van der Waals surface area contributed by atoms with Crippen molar-refractivity contribution in [2.24, 2.45) is 5.73 Å². The molecule has 2 amide bonds. The first kappa shape index (κ1) is 10.9. The van der Waals surface area contributed by atoms with Crippen molar-refractivity contribution in [1.29, 1.82) is 0 Å². The van der Waals surface area contributed by atoms with Gasteiger partial charge in [-0.05, 0) is 24.6 Å². The third kappa shape index (κ3) is 2.49. The average Bonchev–Trinajstić information content (AvgIpc) is 2.61. The van der Waals surface area contributed by atoms with Gasteiger partial charge in [0.2, 0.25) is 0 Å². The monoisotopic (exact) mass is 220 g/mol. The van der Waals surface area contributed by atoms with Crippen LogP contribution >= 0.6 is 0 Å². The summed E-state index contributed by atoms with van der Waals surface area (Å²) >= 11 is 0. The summed E-state index contributed by atoms with van der Waals surface area (Å²) in [5.74, 6) is 0. The van der Waals surface area contributed by atoms with Crippen LogP contribution in [0.5, 0.6) is 0 Å². The molecule has 1 aliphatic rings. The number of urea groups is 1. The Balaban J connectivity index is 1.94. The molecule has 1 unspecified atom stereocenters. The summed E-state index contributed by atoms with van der Waals surface area (Å²) in [6, 6.07) is 4.02. The van der Waals surface area contributed by atoms with Gasteiger partial charge >= 0.3 is 6.03 Å². The first-order valence-corrected chi connectivity index (χ1v) is 5.44. The molecule has 5 nitrogen and oxygen atoms in total. The fraction of sp³-hybridized carbons (Fsp3) is 0.455. The van der Waals surface area contributed by atoms with E-state index < -0.39 is 0 Å². The average molecular weight is 220 g/mol. The molecule has 0 spiro atoms. The number of nitrogens with one attached hydrogen (secondary N) is 1. The van der Waals surface area contributed by atoms with E-state index in [1.54, 1.807) is 17.3 Å². The Morgan fingerprint density at radius 1 is 1.62 bits per heavy atom. The molecule has 2 heterocycles. The topological polar surface area (TPSA) is 71.2 Å². The van der Waals surface area contributed by atoms with Crippen LogP contribution in [0.1, 0.15) is 12.0 Å². The largest absolute Gasteiger partial charge is 0.333 e. The van der Waals surface area contributed by atoms with E-state index in [0.717, 1.165) is 18.5 Å². The van der Waals surface area contributed by atoms with Crippen LogP contribution in [0.3, 0.4) is 0 Å². The lowest BCUT2D eigenvalue weighted by atomic mass is 10.2. The van der Waals surface area contributed by atoms with Crippen LogP contribution in [0.15, 0.2) is 24.5 Å². The standard InChI is InChI=1S/C11H16N4O/c12-4-3-10-8-15(11(16)14-10)7-9-2-1-5-13-6-9/h1-2,5-6,10H,3-4,7-8,12H2,(H,14,16). The quantitative estimate of drug-likeness (QED) is 0.768. The van der Waals surface area contributed by atoms with Gasteiger partial charge in [0, 0.05) is 31.5 Å². The molecule has 16 heavy (non-hydrogen) atoms. The summed E-state index contributed by atoms with van der Waals surface area (Å²) < 4.78 is 0. The molecular weight excluding hydrogens is 204 g/mol. The molecule has 1 aliphatic heterocycles. The molecule has 2 rings (SSSR count). The summed E-state index contributed by atoms with van der Waals surface area (Å²) in [5, 5.41) is 2.91. The predicted octanol–water partition coefficient (Wildman–Crippen LogP) is 0.324. The van der Waals surface area contributed by atoms with E-state index in [1.165, 1.54) is 0 Å². The van der Waals surface area contributed by atoms with Crippen LogP contribution in [0.4, 0.5) is 4.79 Å². The van der Waals surface area contributed by atoms with E-state index in [1.807, 2.05) is 12.1 Å². The lowest BCUT2D eigenvalue weighted by Gasteiger charge is -2.14. The number of amides is 2. The zero-order valence-electron chi connectivity index (χ0n) is 9.10. The van der Waals surface area contributed by atoms with Crippen LogP contribution in [0.2, 0.25) is 0 Å². The smallest absolute Gasteiger partial charge is 0.318 e. The Morgan fingerprint density at radius 2 is 2.50 bits per heavy atom. The lowest BCUT2D eigenvalue weighted by molar-refractivity contribution is 0.215. The van der Waals surface area contributed by atoms with Crippen LogP contribution in [-0.2, 0) is 6.54 Å². The van der Waals surface area contributed by atoms with E-state index in [4.69, 9.17) is 5.73 Å². The molecule has 1 aromatic rings. The highest BCUT2D eigenvalue weighted by molar-refractivity contribution is 5.76. The van der Waals surface area contributed by atoms with Crippen molar-refractivity contribution >= 4 is 6.03 Å². The van der Waals surface area contributed by atoms with Crippen LogP contribution in [0, 0.1) is 0 Å². The summed E-state index contributed by atoms with van der Waals surface area (Å²) in [5.41, 5.74) is 6.52. The van der Waals surface area contributed by atoms with Gasteiger partial charge in [-0.2, -0.15) is 0 Å². The van der Waals surface area contributed by atoms with Gasteiger partial charge in [0.05, 0.1) is 0 Å². The maximum Gasteiger partial charge on any atom is 0.318 e. The molecule has 0 radical (unpaired) electrons. The number of carbonyl (C=O) groups is 1. The third-order valence-corrected chi connectivity index (χ3v) is 2.67. The highest BCUT2D eigenvalue weighted by Gasteiger charge is 2.27. The van der Waals surface area contributed by atoms with Gasteiger partial charge in [-0.25, -0.2) is 4.79 Å². The number of hydrogen-bond acceptors (Lipinski definition) is 3. The Bertz CT molecular complexity index is 354. The normalized spacial score (nSPS) is 19.9. The molecule has 3 N–H and O–H groups in total. The molecular formula is C11H16N4O. The minimum atomic E-state index is -0.0118. The van der Waals surface area contributed by atoms with Gasteiger partial charge < -0.3 is 16.0 Å². The fourth-order valence-electron chi connectivity index (χ4n) is 1.87. The Morgan fingerprint density at radius 3 is 3.19 bits per heavy atom. The molecule has 5 heteroatoms. The zero-order chi connectivity index (χ0) is 11.4. The zero-order valence-corrected chi connectivity index (χ0v) is 9.10. The van der Waals surface area contributed by atoms with Crippen LogP contribution < -0.4 is 11.1 Å². The number of pyridine rings is 1. The molecule has 0 bridgehead atoms. The van der Waals surface area contributed by atoms with E-state index in [-0.39, 0.29) is 12.1 Å². The molecule has 1 atom stereocenters. The second kappa shape index (κ2) is 4.94. The number of nitrogens with two attached hydrogens (primary N) is 1. The van der Waals surface area contributed by atoms with Crippen molar-refractivity contribution in [2.75, 3.05) is 13.1 Å². The van der Waals surface area contributed by atoms with E-state index in [0.29, 0.717) is 13.1 Å². The minimum absolute atomic E-state index is 0.0118. The summed E-state index contributed by atoms with van der Waals surface area (Å²) in [6.07, 6.45) is 4.34. The van der Waals surface area contributed by atoms with Crippen molar-refractivity contribution in [3.63, 3.8) is 0 Å². The van der Waals surface area contributed by atoms with Gasteiger partial charge in [-0.1, -0.05) is 6.07 Å². The van der Waals surface area contributed by atoms with Gasteiger partial charge in [0.25, 0.3) is 0 Å². The lowest BCUT2D eigenvalue weighted by Crippen LogP contribution is -2.29. The summed E-state index contributed by atoms with van der Waals surface area (Å²) in [6.45, 7) is 1.94. The van der Waals surface area contributed by atoms with Gasteiger partial charge in [-0.15, -0.1) is 0 Å². The van der Waals surface area contributed by atoms with Crippen molar-refractivity contribution in [3.05, 3.63) is 30.1 Å². The van der Waals surface area contributed by atoms with Crippen molar-refractivity contribution in [2.45, 2.75) is 19.0 Å².